The molecular weight excluding hydrogens is 845 g/mol. The molecule has 336 valence electrons. The van der Waals surface area contributed by atoms with E-state index in [1.165, 1.54) is 4.90 Å². The maximum atomic E-state index is 14.0. The second kappa shape index (κ2) is 18.6. The van der Waals surface area contributed by atoms with Crippen LogP contribution < -0.4 is 20.7 Å². The fourth-order valence-corrected chi connectivity index (χ4v) is 11.3. The smallest absolute Gasteiger partial charge is 0.255 e. The van der Waals surface area contributed by atoms with Gasteiger partial charge in [-0.2, -0.15) is 4.31 Å². The molecule has 1 unspecified atom stereocenters. The monoisotopic (exact) mass is 896 g/mol. The second-order valence-corrected chi connectivity index (χ2v) is 19.2. The van der Waals surface area contributed by atoms with Crippen molar-refractivity contribution in [1.82, 2.24) is 19.5 Å². The Kier molecular flexibility index (Phi) is 12.5. The van der Waals surface area contributed by atoms with Crippen LogP contribution in [0.15, 0.2) is 108 Å². The first-order chi connectivity index (χ1) is 31.5. The van der Waals surface area contributed by atoms with Gasteiger partial charge in [-0.15, -0.1) is 0 Å². The first-order valence-electron chi connectivity index (χ1n) is 22.3. The summed E-state index contributed by atoms with van der Waals surface area (Å²) in [5, 5.41) is 19.1. The third kappa shape index (κ3) is 9.13. The number of imide groups is 1. The van der Waals surface area contributed by atoms with Gasteiger partial charge in [0, 0.05) is 59.7 Å². The molecule has 0 bridgehead atoms. The second-order valence-electron chi connectivity index (χ2n) is 17.3. The third-order valence-corrected chi connectivity index (χ3v) is 15.0. The summed E-state index contributed by atoms with van der Waals surface area (Å²) in [6.45, 7) is 2.86. The molecule has 15 heteroatoms. The van der Waals surface area contributed by atoms with Crippen molar-refractivity contribution in [3.63, 3.8) is 0 Å². The van der Waals surface area contributed by atoms with Gasteiger partial charge in [0.2, 0.25) is 27.7 Å². The topological polar surface area (TPSA) is 187 Å². The molecule has 5 heterocycles. The molecule has 2 fully saturated rings. The molecule has 4 amide bonds. The molecule has 0 aliphatic carbocycles. The van der Waals surface area contributed by atoms with Crippen LogP contribution in [0, 0.1) is 12.8 Å². The summed E-state index contributed by atoms with van der Waals surface area (Å²) >= 11 is 0. The van der Waals surface area contributed by atoms with Gasteiger partial charge in [-0.25, -0.2) is 8.42 Å². The number of amides is 4. The minimum atomic E-state index is -3.80. The number of aliphatic hydroxyl groups is 1. The molecule has 0 radical (unpaired) electrons. The third-order valence-electron chi connectivity index (χ3n) is 13.1. The summed E-state index contributed by atoms with van der Waals surface area (Å²) < 4.78 is 35.7. The minimum Gasteiger partial charge on any atom is -0.493 e. The average molecular weight is 897 g/mol. The number of nitrogens with zero attached hydrogens (tertiary/aromatic N) is 3. The molecule has 0 saturated carbocycles. The molecule has 9 rings (SSSR count). The number of piperidine rings is 1. The summed E-state index contributed by atoms with van der Waals surface area (Å²) in [5.41, 5.74) is 8.31. The Bertz CT molecular complexity index is 2750. The van der Waals surface area contributed by atoms with Gasteiger partial charge in [0.25, 0.3) is 5.91 Å². The Hall–Kier alpha value is -6.42. The van der Waals surface area contributed by atoms with Gasteiger partial charge in [0.15, 0.2) is 0 Å². The van der Waals surface area contributed by atoms with Gasteiger partial charge in [-0.1, -0.05) is 48.0 Å². The normalized spacial score (nSPS) is 20.4. The summed E-state index contributed by atoms with van der Waals surface area (Å²) in [4.78, 5) is 56.7. The lowest BCUT2D eigenvalue weighted by molar-refractivity contribution is -0.137. The zero-order valence-corrected chi connectivity index (χ0v) is 37.0. The van der Waals surface area contributed by atoms with Crippen molar-refractivity contribution in [2.45, 2.75) is 87.9 Å². The lowest BCUT2D eigenvalue weighted by atomic mass is 9.82. The van der Waals surface area contributed by atoms with Crippen molar-refractivity contribution in [3.8, 4) is 16.9 Å². The largest absolute Gasteiger partial charge is 0.493 e. The highest BCUT2D eigenvalue weighted by atomic mass is 32.2. The van der Waals surface area contributed by atoms with E-state index < -0.39 is 28.0 Å². The first kappa shape index (κ1) is 43.8. The zero-order chi connectivity index (χ0) is 45.2. The van der Waals surface area contributed by atoms with Crippen molar-refractivity contribution >= 4 is 45.0 Å². The number of aliphatic hydroxyl groups excluding tert-OH is 1. The van der Waals surface area contributed by atoms with Crippen LogP contribution in [0.3, 0.4) is 0 Å². The average Bonchev–Trinajstić information content (AvgIpc) is 3.91. The number of aryl methyl sites for hydroxylation is 3. The van der Waals surface area contributed by atoms with Crippen LogP contribution in [0.25, 0.3) is 11.1 Å². The van der Waals surface area contributed by atoms with Gasteiger partial charge in [-0.05, 0) is 122 Å². The van der Waals surface area contributed by atoms with E-state index in [1.54, 1.807) is 28.6 Å². The number of ether oxygens (including phenoxy) is 1. The number of benzene rings is 4. The SMILES string of the molecule is Cc1ccc(S(=O)(=O)N2CC[C@@H]3[C@H](CO)Nc4ccc(-c5cccc(NC(=O)CCCc6ccc(CCCOc7cccc8c7CN(C7CCC(=O)NC7=O)C8=O)cn6)c5)cc4[C@@H]32)cc1. The Labute approximate surface area is 378 Å². The molecule has 1 aromatic heterocycles. The van der Waals surface area contributed by atoms with Crippen LogP contribution in [0.2, 0.25) is 0 Å². The van der Waals surface area contributed by atoms with Crippen molar-refractivity contribution in [1.29, 1.82) is 0 Å². The number of pyridine rings is 1. The standard InChI is InChI=1S/C50H52N6O8S/c1-31-13-18-37(19-14-31)65(62,63)56-24-23-39-43(30-57)53-42-20-16-34(27-40(42)48(39)56)33-7-2-9-36(26-33)52-46(58)12-3-8-35-17-15-32(28-51-35)6-5-25-64-45-11-4-10-38-41(45)29-55(50(38)61)44-21-22-47(59)54-49(44)60/h2,4,7,9-11,13-20,26-28,39,43-44,48,53,57H,3,5-6,8,12,21-25,29-30H2,1H3,(H,52,58)(H,54,59,60)/t39-,43+,44?,48-/m1/s1. The van der Waals surface area contributed by atoms with Crippen molar-refractivity contribution in [2.75, 3.05) is 30.4 Å². The van der Waals surface area contributed by atoms with E-state index in [1.807, 2.05) is 85.9 Å². The highest BCUT2D eigenvalue weighted by molar-refractivity contribution is 7.89. The van der Waals surface area contributed by atoms with Gasteiger partial charge in [-0.3, -0.25) is 29.5 Å². The Morgan fingerprint density at radius 3 is 2.52 bits per heavy atom. The van der Waals surface area contributed by atoms with Crippen molar-refractivity contribution in [2.24, 2.45) is 5.92 Å². The zero-order valence-electron chi connectivity index (χ0n) is 36.2. The van der Waals surface area contributed by atoms with Crippen molar-refractivity contribution < 1.29 is 37.4 Å². The molecule has 4 aliphatic heterocycles. The van der Waals surface area contributed by atoms with Gasteiger partial charge < -0.3 is 25.4 Å². The van der Waals surface area contributed by atoms with Gasteiger partial charge in [0.1, 0.15) is 11.8 Å². The maximum Gasteiger partial charge on any atom is 0.255 e. The summed E-state index contributed by atoms with van der Waals surface area (Å²) in [6.07, 6.45) is 6.03. The molecular formula is C50H52N6O8S. The lowest BCUT2D eigenvalue weighted by Gasteiger charge is -2.39. The fourth-order valence-electron chi connectivity index (χ4n) is 9.65. The lowest BCUT2D eigenvalue weighted by Crippen LogP contribution is -2.52. The van der Waals surface area contributed by atoms with Gasteiger partial charge in [0.05, 0.1) is 36.7 Å². The summed E-state index contributed by atoms with van der Waals surface area (Å²) in [6, 6.07) is 28.5. The predicted octanol–water partition coefficient (Wildman–Crippen LogP) is 6.33. The Morgan fingerprint density at radius 2 is 1.74 bits per heavy atom. The number of carbonyl (C=O) groups is 4. The van der Waals surface area contributed by atoms with Crippen LogP contribution in [-0.2, 0) is 43.8 Å². The quantitative estimate of drug-likeness (QED) is 0.0684. The van der Waals surface area contributed by atoms with Crippen LogP contribution in [-0.4, -0.2) is 83.2 Å². The van der Waals surface area contributed by atoms with Crippen LogP contribution >= 0.6 is 0 Å². The number of rotatable bonds is 15. The van der Waals surface area contributed by atoms with Crippen molar-refractivity contribution in [3.05, 3.63) is 137 Å². The molecule has 5 aromatic rings. The van der Waals surface area contributed by atoms with E-state index in [-0.39, 0.29) is 54.1 Å². The number of nitrogens with one attached hydrogen (secondary N) is 3. The van der Waals surface area contributed by atoms with E-state index >= 15 is 0 Å². The van der Waals surface area contributed by atoms with Gasteiger partial charge >= 0.3 is 0 Å². The molecule has 14 nitrogen and oxygen atoms in total. The minimum absolute atomic E-state index is 0.102. The summed E-state index contributed by atoms with van der Waals surface area (Å²) in [5.74, 6) is -0.584. The number of sulfonamides is 1. The maximum absolute atomic E-state index is 14.0. The number of fused-ring (bicyclic) bond motifs is 4. The molecule has 65 heavy (non-hydrogen) atoms. The van der Waals surface area contributed by atoms with E-state index in [9.17, 15) is 32.7 Å². The molecule has 2 saturated heterocycles. The van der Waals surface area contributed by atoms with Crippen LogP contribution in [0.1, 0.15) is 82.9 Å². The highest BCUT2D eigenvalue weighted by Gasteiger charge is 2.48. The summed E-state index contributed by atoms with van der Waals surface area (Å²) in [7, 11) is -3.80. The number of aromatic nitrogens is 1. The van der Waals surface area contributed by atoms with E-state index in [4.69, 9.17) is 4.74 Å². The predicted molar refractivity (Wildman–Crippen MR) is 244 cm³/mol. The molecule has 4 aromatic carbocycles. The number of hydrogen-bond acceptors (Lipinski definition) is 10. The Morgan fingerprint density at radius 1 is 0.923 bits per heavy atom. The van der Waals surface area contributed by atoms with E-state index in [0.717, 1.165) is 57.6 Å². The number of hydrogen-bond donors (Lipinski definition) is 4. The van der Waals surface area contributed by atoms with Crippen LogP contribution in [0.5, 0.6) is 5.75 Å². The highest BCUT2D eigenvalue weighted by Crippen LogP contribution is 2.49. The molecule has 4 atom stereocenters. The number of anilines is 2. The van der Waals surface area contributed by atoms with E-state index in [2.05, 4.69) is 20.9 Å². The first-order valence-corrected chi connectivity index (χ1v) is 23.7. The molecule has 4 aliphatic rings. The van der Waals surface area contributed by atoms with E-state index in [0.29, 0.717) is 62.3 Å². The molecule has 0 spiro atoms. The van der Waals surface area contributed by atoms with Crippen LogP contribution in [0.4, 0.5) is 11.4 Å². The number of carbonyl (C=O) groups excluding carboxylic acids is 4. The molecule has 4 N–H and O–H groups in total. The Balaban J connectivity index is 0.758. The fraction of sp³-hybridized carbons (Fsp3) is 0.340.